The standard InChI is InChI=1S/C11H15F2NO4S/c1-3-6-19(15,16)14-9-7-8(17-2)4-5-10(9)18-11(12)13/h4-5,7,11,14H,3,6H2,1-2H3. The van der Waals surface area contributed by atoms with Crippen molar-refractivity contribution in [1.82, 2.24) is 0 Å². The summed E-state index contributed by atoms with van der Waals surface area (Å²) in [5.74, 6) is -0.0375. The molecule has 0 aromatic heterocycles. The zero-order valence-corrected chi connectivity index (χ0v) is 11.3. The van der Waals surface area contributed by atoms with E-state index >= 15 is 0 Å². The number of sulfonamides is 1. The van der Waals surface area contributed by atoms with E-state index in [1.165, 1.54) is 25.3 Å². The third-order valence-corrected chi connectivity index (χ3v) is 3.62. The minimum atomic E-state index is -3.60. The highest BCUT2D eigenvalue weighted by Crippen LogP contribution is 2.31. The summed E-state index contributed by atoms with van der Waals surface area (Å²) in [4.78, 5) is 0. The van der Waals surface area contributed by atoms with Gasteiger partial charge < -0.3 is 9.47 Å². The Morgan fingerprint density at radius 2 is 2.05 bits per heavy atom. The SMILES string of the molecule is CCCS(=O)(=O)Nc1cc(OC)ccc1OC(F)F. The first kappa shape index (κ1) is 15.5. The normalized spacial score (nSPS) is 11.4. The molecule has 0 fully saturated rings. The fraction of sp³-hybridized carbons (Fsp3) is 0.455. The zero-order chi connectivity index (χ0) is 14.5. The Balaban J connectivity index is 3.07. The highest BCUT2D eigenvalue weighted by molar-refractivity contribution is 7.92. The van der Waals surface area contributed by atoms with Gasteiger partial charge in [-0.3, -0.25) is 4.72 Å². The summed E-state index contributed by atoms with van der Waals surface area (Å²) in [5, 5.41) is 0. The van der Waals surface area contributed by atoms with Crippen LogP contribution in [-0.4, -0.2) is 27.9 Å². The van der Waals surface area contributed by atoms with Crippen LogP contribution in [0.5, 0.6) is 11.5 Å². The molecule has 0 aliphatic heterocycles. The minimum Gasteiger partial charge on any atom is -0.497 e. The molecular formula is C11H15F2NO4S. The van der Waals surface area contributed by atoms with Gasteiger partial charge in [-0.25, -0.2) is 8.42 Å². The van der Waals surface area contributed by atoms with Crippen LogP contribution in [0.25, 0.3) is 0 Å². The number of ether oxygens (including phenoxy) is 2. The predicted molar refractivity (Wildman–Crippen MR) is 67.3 cm³/mol. The van der Waals surface area contributed by atoms with Crippen LogP contribution in [0.3, 0.4) is 0 Å². The van der Waals surface area contributed by atoms with Crippen LogP contribution >= 0.6 is 0 Å². The molecule has 1 aromatic rings. The fourth-order valence-corrected chi connectivity index (χ4v) is 2.54. The highest BCUT2D eigenvalue weighted by Gasteiger charge is 2.16. The summed E-state index contributed by atoms with van der Waals surface area (Å²) >= 11 is 0. The largest absolute Gasteiger partial charge is 0.497 e. The molecule has 0 atom stereocenters. The Labute approximate surface area is 110 Å². The zero-order valence-electron chi connectivity index (χ0n) is 10.5. The molecule has 108 valence electrons. The van der Waals surface area contributed by atoms with E-state index in [2.05, 4.69) is 9.46 Å². The van der Waals surface area contributed by atoms with Gasteiger partial charge >= 0.3 is 6.61 Å². The number of hydrogen-bond donors (Lipinski definition) is 1. The topological polar surface area (TPSA) is 64.6 Å². The Bertz CT molecular complexity index is 519. The van der Waals surface area contributed by atoms with Crippen LogP contribution in [0, 0.1) is 0 Å². The van der Waals surface area contributed by atoms with Gasteiger partial charge in [0.15, 0.2) is 0 Å². The van der Waals surface area contributed by atoms with Gasteiger partial charge in [0.1, 0.15) is 11.5 Å². The lowest BCUT2D eigenvalue weighted by atomic mass is 10.3. The number of anilines is 1. The molecule has 1 rings (SSSR count). The van der Waals surface area contributed by atoms with E-state index in [1.807, 2.05) is 0 Å². The van der Waals surface area contributed by atoms with E-state index < -0.39 is 16.6 Å². The predicted octanol–water partition coefficient (Wildman–Crippen LogP) is 2.45. The molecule has 0 radical (unpaired) electrons. The molecule has 0 heterocycles. The number of benzene rings is 1. The lowest BCUT2D eigenvalue weighted by Gasteiger charge is -2.14. The lowest BCUT2D eigenvalue weighted by Crippen LogP contribution is -2.17. The van der Waals surface area contributed by atoms with E-state index in [9.17, 15) is 17.2 Å². The van der Waals surface area contributed by atoms with Crippen molar-refractivity contribution >= 4 is 15.7 Å². The second-order valence-corrected chi connectivity index (χ2v) is 5.50. The van der Waals surface area contributed by atoms with Crippen molar-refractivity contribution in [3.05, 3.63) is 18.2 Å². The molecule has 5 nitrogen and oxygen atoms in total. The van der Waals surface area contributed by atoms with Gasteiger partial charge in [0.2, 0.25) is 10.0 Å². The third-order valence-electron chi connectivity index (χ3n) is 2.14. The van der Waals surface area contributed by atoms with Crippen LogP contribution in [0.15, 0.2) is 18.2 Å². The van der Waals surface area contributed by atoms with Gasteiger partial charge in [0, 0.05) is 6.07 Å². The smallest absolute Gasteiger partial charge is 0.387 e. The summed E-state index contributed by atoms with van der Waals surface area (Å²) in [6.45, 7) is -1.34. The van der Waals surface area contributed by atoms with Crippen molar-refractivity contribution in [2.45, 2.75) is 20.0 Å². The van der Waals surface area contributed by atoms with Crippen LogP contribution in [0.2, 0.25) is 0 Å². The first-order chi connectivity index (χ1) is 8.88. The molecule has 0 saturated carbocycles. The summed E-state index contributed by atoms with van der Waals surface area (Å²) in [6, 6.07) is 3.90. The van der Waals surface area contributed by atoms with Gasteiger partial charge in [-0.05, 0) is 18.6 Å². The maximum absolute atomic E-state index is 12.2. The highest BCUT2D eigenvalue weighted by atomic mass is 32.2. The van der Waals surface area contributed by atoms with Crippen molar-refractivity contribution in [1.29, 1.82) is 0 Å². The van der Waals surface area contributed by atoms with Crippen molar-refractivity contribution in [2.75, 3.05) is 17.6 Å². The molecule has 19 heavy (non-hydrogen) atoms. The monoisotopic (exact) mass is 295 g/mol. The maximum atomic E-state index is 12.2. The van der Waals surface area contributed by atoms with Gasteiger partial charge in [-0.2, -0.15) is 8.78 Å². The van der Waals surface area contributed by atoms with Crippen molar-refractivity contribution in [3.63, 3.8) is 0 Å². The van der Waals surface area contributed by atoms with E-state index in [-0.39, 0.29) is 17.2 Å². The number of methoxy groups -OCH3 is 1. The average Bonchev–Trinajstić information content (AvgIpc) is 2.30. The Morgan fingerprint density at radius 1 is 1.37 bits per heavy atom. The second kappa shape index (κ2) is 6.55. The van der Waals surface area contributed by atoms with Crippen LogP contribution in [0.4, 0.5) is 14.5 Å². The average molecular weight is 295 g/mol. The summed E-state index contributed by atoms with van der Waals surface area (Å²) in [5.41, 5.74) is -0.0758. The Morgan fingerprint density at radius 3 is 2.58 bits per heavy atom. The van der Waals surface area contributed by atoms with Gasteiger partial charge in [-0.15, -0.1) is 0 Å². The summed E-state index contributed by atoms with van der Waals surface area (Å²) in [7, 11) is -2.22. The molecule has 8 heteroatoms. The van der Waals surface area contributed by atoms with E-state index in [0.717, 1.165) is 0 Å². The van der Waals surface area contributed by atoms with Crippen molar-refractivity contribution < 1.29 is 26.7 Å². The maximum Gasteiger partial charge on any atom is 0.387 e. The number of halogens is 2. The third kappa shape index (κ3) is 4.90. The molecule has 0 spiro atoms. The van der Waals surface area contributed by atoms with E-state index in [4.69, 9.17) is 4.74 Å². The Hall–Kier alpha value is -1.57. The van der Waals surface area contributed by atoms with Gasteiger partial charge in [0.25, 0.3) is 0 Å². The van der Waals surface area contributed by atoms with Crippen LogP contribution in [0.1, 0.15) is 13.3 Å². The fourth-order valence-electron chi connectivity index (χ4n) is 1.40. The molecule has 1 N–H and O–H groups in total. The molecule has 0 amide bonds. The summed E-state index contributed by atoms with van der Waals surface area (Å²) in [6.07, 6.45) is 0.407. The molecule has 0 saturated heterocycles. The van der Waals surface area contributed by atoms with E-state index in [0.29, 0.717) is 12.2 Å². The van der Waals surface area contributed by atoms with Crippen LogP contribution < -0.4 is 14.2 Å². The van der Waals surface area contributed by atoms with Crippen molar-refractivity contribution in [3.8, 4) is 11.5 Å². The molecular weight excluding hydrogens is 280 g/mol. The lowest BCUT2D eigenvalue weighted by molar-refractivity contribution is -0.0493. The Kier molecular flexibility index (Phi) is 5.34. The van der Waals surface area contributed by atoms with E-state index in [1.54, 1.807) is 6.92 Å². The van der Waals surface area contributed by atoms with Gasteiger partial charge in [0.05, 0.1) is 18.6 Å². The molecule has 0 aliphatic carbocycles. The van der Waals surface area contributed by atoms with Gasteiger partial charge in [-0.1, -0.05) is 6.92 Å². The number of nitrogens with one attached hydrogen (secondary N) is 1. The minimum absolute atomic E-state index is 0.0758. The molecule has 0 aliphatic rings. The number of rotatable bonds is 7. The number of alkyl halides is 2. The van der Waals surface area contributed by atoms with Crippen molar-refractivity contribution in [2.24, 2.45) is 0 Å². The summed E-state index contributed by atoms with van der Waals surface area (Å²) < 4.78 is 59.1. The first-order valence-corrected chi connectivity index (χ1v) is 7.16. The number of hydrogen-bond acceptors (Lipinski definition) is 4. The van der Waals surface area contributed by atoms with Crippen LogP contribution in [-0.2, 0) is 10.0 Å². The molecule has 0 unspecified atom stereocenters. The molecule has 0 bridgehead atoms. The first-order valence-electron chi connectivity index (χ1n) is 5.51. The molecule has 1 aromatic carbocycles. The second-order valence-electron chi connectivity index (χ2n) is 3.66. The quantitative estimate of drug-likeness (QED) is 0.839.